The number of benzene rings is 2. The number of nitro benzene ring substituents is 1. The first kappa shape index (κ1) is 20.5. The number of nitrogens with zero attached hydrogens (tertiary/aromatic N) is 4. The molecule has 30 heavy (non-hydrogen) atoms. The molecule has 7 heteroatoms. The van der Waals surface area contributed by atoms with E-state index in [0.29, 0.717) is 12.5 Å². The monoisotopic (exact) mass is 408 g/mol. The number of non-ortho nitro benzene ring substituents is 1. The lowest BCUT2D eigenvalue weighted by Gasteiger charge is -2.32. The minimum Gasteiger partial charge on any atom is -0.380 e. The molecule has 0 aliphatic carbocycles. The number of para-hydroxylation sites is 2. The Morgan fingerprint density at radius 1 is 1.07 bits per heavy atom. The molecule has 1 fully saturated rings. The van der Waals surface area contributed by atoms with Gasteiger partial charge in [0.1, 0.15) is 0 Å². The second-order valence-corrected chi connectivity index (χ2v) is 7.97. The van der Waals surface area contributed by atoms with Crippen molar-refractivity contribution in [3.05, 3.63) is 70.5 Å². The Morgan fingerprint density at radius 2 is 1.83 bits per heavy atom. The van der Waals surface area contributed by atoms with Crippen molar-refractivity contribution < 1.29 is 9.66 Å². The minimum absolute atomic E-state index is 0.152. The molecule has 0 saturated carbocycles. The van der Waals surface area contributed by atoms with E-state index in [1.165, 1.54) is 12.8 Å². The summed E-state index contributed by atoms with van der Waals surface area (Å²) < 4.78 is 8.04. The summed E-state index contributed by atoms with van der Waals surface area (Å²) in [4.78, 5) is 17.3. The molecule has 4 rings (SSSR count). The smallest absolute Gasteiger partial charge is 0.269 e. The van der Waals surface area contributed by atoms with Crippen LogP contribution >= 0.6 is 0 Å². The number of hydrogen-bond acceptors (Lipinski definition) is 5. The molecular formula is C23H28N4O3. The van der Waals surface area contributed by atoms with Crippen LogP contribution in [0.3, 0.4) is 0 Å². The van der Waals surface area contributed by atoms with Crippen molar-refractivity contribution in [2.24, 2.45) is 5.92 Å². The van der Waals surface area contributed by atoms with Crippen molar-refractivity contribution in [3.8, 4) is 0 Å². The average molecular weight is 409 g/mol. The van der Waals surface area contributed by atoms with E-state index >= 15 is 0 Å². The zero-order valence-electron chi connectivity index (χ0n) is 17.2. The third-order valence-corrected chi connectivity index (χ3v) is 5.93. The number of fused-ring (bicyclic) bond motifs is 1. The summed E-state index contributed by atoms with van der Waals surface area (Å²) in [6.45, 7) is 5.35. The van der Waals surface area contributed by atoms with E-state index in [9.17, 15) is 10.1 Å². The van der Waals surface area contributed by atoms with Gasteiger partial charge in [0.2, 0.25) is 0 Å². The number of aromatic nitrogens is 2. The van der Waals surface area contributed by atoms with Crippen molar-refractivity contribution >= 4 is 16.7 Å². The van der Waals surface area contributed by atoms with Crippen molar-refractivity contribution in [1.82, 2.24) is 14.5 Å². The summed E-state index contributed by atoms with van der Waals surface area (Å²) >= 11 is 0. The van der Waals surface area contributed by atoms with Gasteiger partial charge in [0.25, 0.3) is 5.69 Å². The van der Waals surface area contributed by atoms with Gasteiger partial charge < -0.3 is 9.30 Å². The van der Waals surface area contributed by atoms with Crippen LogP contribution in [-0.4, -0.2) is 45.7 Å². The first-order chi connectivity index (χ1) is 14.7. The number of hydrogen-bond donors (Lipinski definition) is 0. The maximum Gasteiger partial charge on any atom is 0.269 e. The lowest BCUT2D eigenvalue weighted by atomic mass is 9.93. The number of ether oxygens (including phenoxy) is 1. The second-order valence-electron chi connectivity index (χ2n) is 7.97. The predicted octanol–water partition coefficient (Wildman–Crippen LogP) is 4.26. The Hall–Kier alpha value is -2.77. The Kier molecular flexibility index (Phi) is 6.71. The van der Waals surface area contributed by atoms with Crippen molar-refractivity contribution in [2.75, 3.05) is 26.3 Å². The van der Waals surface area contributed by atoms with Gasteiger partial charge in [-0.05, 0) is 56.0 Å². The Bertz CT molecular complexity index is 962. The van der Waals surface area contributed by atoms with Crippen molar-refractivity contribution in [2.45, 2.75) is 32.4 Å². The first-order valence-corrected chi connectivity index (χ1v) is 10.6. The van der Waals surface area contributed by atoms with E-state index < -0.39 is 0 Å². The van der Waals surface area contributed by atoms with Crippen LogP contribution in [0.25, 0.3) is 11.0 Å². The lowest BCUT2D eigenvalue weighted by Crippen LogP contribution is -2.33. The third kappa shape index (κ3) is 5.23. The van der Waals surface area contributed by atoms with Crippen molar-refractivity contribution in [3.63, 3.8) is 0 Å². The zero-order chi connectivity index (χ0) is 20.8. The molecule has 0 unspecified atom stereocenters. The summed E-state index contributed by atoms with van der Waals surface area (Å²) in [5, 5.41) is 10.8. The van der Waals surface area contributed by atoms with E-state index in [0.717, 1.165) is 55.8 Å². The molecule has 0 amide bonds. The van der Waals surface area contributed by atoms with Crippen LogP contribution in [0.15, 0.2) is 54.9 Å². The number of likely N-dealkylation sites (tertiary alicyclic amines) is 1. The molecular weight excluding hydrogens is 380 g/mol. The molecule has 0 radical (unpaired) electrons. The molecule has 1 aliphatic heterocycles. The van der Waals surface area contributed by atoms with Gasteiger partial charge in [-0.1, -0.05) is 24.3 Å². The van der Waals surface area contributed by atoms with Gasteiger partial charge in [0, 0.05) is 31.8 Å². The molecule has 1 aliphatic rings. The van der Waals surface area contributed by atoms with Gasteiger partial charge in [-0.25, -0.2) is 4.98 Å². The van der Waals surface area contributed by atoms with Crippen LogP contribution in [0, 0.1) is 16.0 Å². The van der Waals surface area contributed by atoms with Crippen LogP contribution in [0.4, 0.5) is 5.69 Å². The molecule has 0 N–H and O–H groups in total. The lowest BCUT2D eigenvalue weighted by molar-refractivity contribution is -0.384. The molecule has 0 atom stereocenters. The zero-order valence-corrected chi connectivity index (χ0v) is 17.2. The predicted molar refractivity (Wildman–Crippen MR) is 116 cm³/mol. The van der Waals surface area contributed by atoms with E-state index in [1.54, 1.807) is 12.1 Å². The summed E-state index contributed by atoms with van der Waals surface area (Å²) in [7, 11) is 0. The molecule has 3 aromatic rings. The summed E-state index contributed by atoms with van der Waals surface area (Å²) in [6.07, 6.45) is 5.36. The highest BCUT2D eigenvalue weighted by atomic mass is 16.6. The fraction of sp³-hybridized carbons (Fsp3) is 0.435. The molecule has 7 nitrogen and oxygen atoms in total. The molecule has 0 spiro atoms. The van der Waals surface area contributed by atoms with E-state index in [-0.39, 0.29) is 10.6 Å². The SMILES string of the molecule is O=[N+]([O-])c1ccc(CN2CCC(CCOCCn3cnc4ccccc43)CC2)cc1. The number of imidazole rings is 1. The quantitative estimate of drug-likeness (QED) is 0.300. The molecule has 158 valence electrons. The highest BCUT2D eigenvalue weighted by molar-refractivity contribution is 5.74. The Balaban J connectivity index is 1.12. The topological polar surface area (TPSA) is 73.4 Å². The molecule has 2 heterocycles. The Morgan fingerprint density at radius 3 is 2.60 bits per heavy atom. The standard InChI is InChI=1S/C23H28N4O3/c28-27(29)21-7-5-20(6-8-21)17-25-12-9-19(10-13-25)11-15-30-16-14-26-18-24-22-3-1-2-4-23(22)26/h1-8,18-19H,9-17H2. The molecule has 1 saturated heterocycles. The summed E-state index contributed by atoms with van der Waals surface area (Å²) in [5.41, 5.74) is 3.47. The molecule has 1 aromatic heterocycles. The fourth-order valence-electron chi connectivity index (χ4n) is 4.12. The van der Waals surface area contributed by atoms with Gasteiger partial charge in [-0.15, -0.1) is 0 Å². The van der Waals surface area contributed by atoms with Crippen molar-refractivity contribution in [1.29, 1.82) is 0 Å². The highest BCUT2D eigenvalue weighted by Crippen LogP contribution is 2.22. The molecule has 0 bridgehead atoms. The van der Waals surface area contributed by atoms with E-state index in [1.807, 2.05) is 36.7 Å². The first-order valence-electron chi connectivity index (χ1n) is 10.6. The maximum atomic E-state index is 10.8. The van der Waals surface area contributed by atoms with Crippen LogP contribution in [-0.2, 0) is 17.8 Å². The van der Waals surface area contributed by atoms with Gasteiger partial charge >= 0.3 is 0 Å². The molecule has 2 aromatic carbocycles. The van der Waals surface area contributed by atoms with E-state index in [4.69, 9.17) is 4.74 Å². The van der Waals surface area contributed by atoms with Gasteiger partial charge in [0.15, 0.2) is 0 Å². The van der Waals surface area contributed by atoms with Gasteiger partial charge in [-0.3, -0.25) is 15.0 Å². The summed E-state index contributed by atoms with van der Waals surface area (Å²) in [5.74, 6) is 0.715. The van der Waals surface area contributed by atoms with Crippen LogP contribution in [0.5, 0.6) is 0 Å². The van der Waals surface area contributed by atoms with Crippen LogP contribution in [0.1, 0.15) is 24.8 Å². The Labute approximate surface area is 176 Å². The summed E-state index contributed by atoms with van der Waals surface area (Å²) in [6, 6.07) is 15.1. The number of nitro groups is 1. The normalized spacial score (nSPS) is 15.6. The number of piperidine rings is 1. The maximum absolute atomic E-state index is 10.8. The minimum atomic E-state index is -0.352. The largest absolute Gasteiger partial charge is 0.380 e. The highest BCUT2D eigenvalue weighted by Gasteiger charge is 2.19. The second kappa shape index (κ2) is 9.82. The number of rotatable bonds is 9. The van der Waals surface area contributed by atoms with Crippen LogP contribution in [0.2, 0.25) is 0 Å². The van der Waals surface area contributed by atoms with Gasteiger partial charge in [-0.2, -0.15) is 0 Å². The van der Waals surface area contributed by atoms with Crippen LogP contribution < -0.4 is 0 Å². The fourth-order valence-corrected chi connectivity index (χ4v) is 4.12. The average Bonchev–Trinajstić information content (AvgIpc) is 3.18. The third-order valence-electron chi connectivity index (χ3n) is 5.93. The van der Waals surface area contributed by atoms with E-state index in [2.05, 4.69) is 20.5 Å². The van der Waals surface area contributed by atoms with Gasteiger partial charge in [0.05, 0.1) is 28.9 Å².